The highest BCUT2D eigenvalue weighted by molar-refractivity contribution is 5.94. The molecule has 0 fully saturated rings. The lowest BCUT2D eigenvalue weighted by atomic mass is 10.2. The fourth-order valence-corrected chi connectivity index (χ4v) is 1.65. The van der Waals surface area contributed by atoms with Gasteiger partial charge in [0.2, 0.25) is 5.76 Å². The van der Waals surface area contributed by atoms with Crippen molar-refractivity contribution < 1.29 is 28.9 Å². The second kappa shape index (κ2) is 6.60. The van der Waals surface area contributed by atoms with Crippen LogP contribution in [0.3, 0.4) is 0 Å². The first-order valence-electron chi connectivity index (χ1n) is 6.32. The number of hydrogen-bond donors (Lipinski definition) is 1. The van der Waals surface area contributed by atoms with Gasteiger partial charge in [-0.3, -0.25) is 0 Å². The zero-order valence-corrected chi connectivity index (χ0v) is 11.4. The first-order valence-corrected chi connectivity index (χ1v) is 6.32. The van der Waals surface area contributed by atoms with Crippen LogP contribution in [-0.2, 0) is 30.4 Å². The van der Waals surface area contributed by atoms with Crippen LogP contribution >= 0.6 is 0 Å². The van der Waals surface area contributed by atoms with Crippen LogP contribution < -0.4 is 0 Å². The quantitative estimate of drug-likeness (QED) is 0.659. The van der Waals surface area contributed by atoms with Gasteiger partial charge >= 0.3 is 11.9 Å². The Morgan fingerprint density at radius 2 is 2.05 bits per heavy atom. The second-order valence-electron chi connectivity index (χ2n) is 4.10. The summed E-state index contributed by atoms with van der Waals surface area (Å²) in [5.74, 6) is -2.67. The Hall–Kier alpha value is -2.76. The van der Waals surface area contributed by atoms with Crippen LogP contribution in [0.4, 0.5) is 0 Å². The average Bonchev–Trinajstić information content (AvgIpc) is 2.73. The monoisotopic (exact) mass is 290 g/mol. The molecule has 0 saturated heterocycles. The Morgan fingerprint density at radius 3 is 2.71 bits per heavy atom. The molecule has 6 heteroatoms. The maximum absolute atomic E-state index is 11.6. The molecule has 21 heavy (non-hydrogen) atoms. The van der Waals surface area contributed by atoms with Crippen molar-refractivity contribution in [1.82, 2.24) is 0 Å². The highest BCUT2D eigenvalue weighted by Crippen LogP contribution is 2.25. The lowest BCUT2D eigenvalue weighted by Gasteiger charge is -2.04. The van der Waals surface area contributed by atoms with Gasteiger partial charge < -0.3 is 19.3 Å². The summed E-state index contributed by atoms with van der Waals surface area (Å²) in [5, 5.41) is 9.85. The number of benzene rings is 1. The van der Waals surface area contributed by atoms with E-state index in [4.69, 9.17) is 9.47 Å². The van der Waals surface area contributed by atoms with Crippen molar-refractivity contribution in [1.29, 1.82) is 0 Å². The van der Waals surface area contributed by atoms with Gasteiger partial charge in [0.05, 0.1) is 12.7 Å². The molecule has 1 aromatic rings. The van der Waals surface area contributed by atoms with Crippen molar-refractivity contribution >= 4 is 11.9 Å². The molecule has 2 rings (SSSR count). The number of rotatable bonds is 5. The first kappa shape index (κ1) is 14.6. The molecular weight excluding hydrogens is 276 g/mol. The average molecular weight is 290 g/mol. The molecular formula is C15H14O6. The van der Waals surface area contributed by atoms with E-state index < -0.39 is 17.7 Å². The number of esters is 2. The molecule has 1 aliphatic heterocycles. The molecule has 0 aliphatic carbocycles. The molecule has 1 heterocycles. The fraction of sp³-hybridized carbons (Fsp3) is 0.200. The van der Waals surface area contributed by atoms with E-state index in [2.05, 4.69) is 4.74 Å². The summed E-state index contributed by atoms with van der Waals surface area (Å²) in [6.45, 7) is 1.92. The third-order valence-corrected chi connectivity index (χ3v) is 2.60. The summed E-state index contributed by atoms with van der Waals surface area (Å²) in [5.41, 5.74) is 0.827. The first-order chi connectivity index (χ1) is 10.1. The maximum atomic E-state index is 11.6. The number of carbonyl (C=O) groups excluding carboxylic acids is 2. The van der Waals surface area contributed by atoms with Gasteiger partial charge in [0, 0.05) is 0 Å². The van der Waals surface area contributed by atoms with Crippen molar-refractivity contribution in [3.05, 3.63) is 59.2 Å². The predicted molar refractivity (Wildman–Crippen MR) is 71.7 cm³/mol. The normalized spacial score (nSPS) is 16.0. The number of hydrogen-bond acceptors (Lipinski definition) is 6. The largest absolute Gasteiger partial charge is 0.501 e. The van der Waals surface area contributed by atoms with E-state index in [1.54, 1.807) is 6.92 Å². The lowest BCUT2D eigenvalue weighted by Crippen LogP contribution is -2.04. The maximum Gasteiger partial charge on any atom is 0.383 e. The molecule has 0 saturated carbocycles. The van der Waals surface area contributed by atoms with Gasteiger partial charge in [-0.2, -0.15) is 0 Å². The second-order valence-corrected chi connectivity index (χ2v) is 4.10. The summed E-state index contributed by atoms with van der Waals surface area (Å²) in [6, 6.07) is 9.13. The smallest absolute Gasteiger partial charge is 0.383 e. The minimum Gasteiger partial charge on any atom is -0.501 e. The van der Waals surface area contributed by atoms with E-state index in [-0.39, 0.29) is 24.7 Å². The molecule has 0 unspecified atom stereocenters. The van der Waals surface area contributed by atoms with Crippen molar-refractivity contribution in [3.63, 3.8) is 0 Å². The number of cyclic esters (lactones) is 1. The third-order valence-electron chi connectivity index (χ3n) is 2.60. The Bertz CT molecular complexity index is 600. The van der Waals surface area contributed by atoms with E-state index in [0.29, 0.717) is 0 Å². The standard InChI is InChI=1S/C15H14O6/c1-2-19-12(16)8-11-13(17)14(15(18)21-11)20-9-10-6-4-3-5-7-10/h3-8,17H,2,9H2,1H3/b11-8-. The minimum atomic E-state index is -0.848. The van der Waals surface area contributed by atoms with Gasteiger partial charge in [-0.1, -0.05) is 30.3 Å². The van der Waals surface area contributed by atoms with E-state index in [9.17, 15) is 14.7 Å². The molecule has 1 aliphatic rings. The molecule has 0 radical (unpaired) electrons. The highest BCUT2D eigenvalue weighted by atomic mass is 16.6. The molecule has 0 spiro atoms. The molecule has 0 atom stereocenters. The van der Waals surface area contributed by atoms with Crippen molar-refractivity contribution in [2.75, 3.05) is 6.61 Å². The number of aliphatic hydroxyl groups excluding tert-OH is 1. The van der Waals surface area contributed by atoms with Gasteiger partial charge in [-0.05, 0) is 12.5 Å². The summed E-state index contributed by atoms with van der Waals surface area (Å²) in [4.78, 5) is 22.9. The van der Waals surface area contributed by atoms with Crippen LogP contribution in [0.15, 0.2) is 53.7 Å². The topological polar surface area (TPSA) is 82.1 Å². The summed E-state index contributed by atoms with van der Waals surface area (Å²) >= 11 is 0. The third kappa shape index (κ3) is 3.62. The predicted octanol–water partition coefficient (Wildman–Crippen LogP) is 1.98. The summed E-state index contributed by atoms with van der Waals surface area (Å²) < 4.78 is 14.7. The van der Waals surface area contributed by atoms with Crippen molar-refractivity contribution in [2.45, 2.75) is 13.5 Å². The Morgan fingerprint density at radius 1 is 1.33 bits per heavy atom. The van der Waals surface area contributed by atoms with Crippen LogP contribution in [0.2, 0.25) is 0 Å². The van der Waals surface area contributed by atoms with Crippen LogP contribution in [0.25, 0.3) is 0 Å². The van der Waals surface area contributed by atoms with E-state index in [1.165, 1.54) is 0 Å². The summed E-state index contributed by atoms with van der Waals surface area (Å²) in [6.07, 6.45) is 0.898. The van der Waals surface area contributed by atoms with Crippen LogP contribution in [0.5, 0.6) is 0 Å². The zero-order valence-electron chi connectivity index (χ0n) is 11.4. The molecule has 0 aromatic heterocycles. The molecule has 110 valence electrons. The Kier molecular flexibility index (Phi) is 4.61. The molecule has 0 bridgehead atoms. The Balaban J connectivity index is 2.09. The summed E-state index contributed by atoms with van der Waals surface area (Å²) in [7, 11) is 0. The van der Waals surface area contributed by atoms with Gasteiger partial charge in [0.15, 0.2) is 5.76 Å². The van der Waals surface area contributed by atoms with E-state index in [1.807, 2.05) is 30.3 Å². The van der Waals surface area contributed by atoms with Gasteiger partial charge in [0.1, 0.15) is 6.61 Å². The van der Waals surface area contributed by atoms with Crippen LogP contribution in [-0.4, -0.2) is 23.7 Å². The zero-order chi connectivity index (χ0) is 15.2. The van der Waals surface area contributed by atoms with Gasteiger partial charge in [-0.15, -0.1) is 0 Å². The molecule has 1 aromatic carbocycles. The molecule has 1 N–H and O–H groups in total. The van der Waals surface area contributed by atoms with Crippen LogP contribution in [0, 0.1) is 0 Å². The van der Waals surface area contributed by atoms with Gasteiger partial charge in [0.25, 0.3) is 5.76 Å². The lowest BCUT2D eigenvalue weighted by molar-refractivity contribution is -0.138. The Labute approximate surface area is 121 Å². The van der Waals surface area contributed by atoms with Crippen molar-refractivity contribution in [3.8, 4) is 0 Å². The minimum absolute atomic E-state index is 0.0992. The SMILES string of the molecule is CCOC(=O)/C=C1\OC(=O)C(OCc2ccccc2)=C1O. The van der Waals surface area contributed by atoms with Crippen molar-refractivity contribution in [2.24, 2.45) is 0 Å². The van der Waals surface area contributed by atoms with Gasteiger partial charge in [-0.25, -0.2) is 9.59 Å². The number of carbonyl (C=O) groups is 2. The van der Waals surface area contributed by atoms with E-state index in [0.717, 1.165) is 11.6 Å². The highest BCUT2D eigenvalue weighted by Gasteiger charge is 2.32. The number of ether oxygens (including phenoxy) is 3. The fourth-order valence-electron chi connectivity index (χ4n) is 1.65. The number of aliphatic hydroxyl groups is 1. The molecule has 6 nitrogen and oxygen atoms in total. The van der Waals surface area contributed by atoms with E-state index >= 15 is 0 Å². The van der Waals surface area contributed by atoms with Crippen LogP contribution in [0.1, 0.15) is 12.5 Å². The molecule has 0 amide bonds.